The van der Waals surface area contributed by atoms with Crippen LogP contribution in [0, 0.1) is 6.92 Å². The van der Waals surface area contributed by atoms with Gasteiger partial charge in [-0.3, -0.25) is 4.79 Å². The summed E-state index contributed by atoms with van der Waals surface area (Å²) < 4.78 is 0. The Morgan fingerprint density at radius 1 is 1.52 bits per heavy atom. The van der Waals surface area contributed by atoms with Gasteiger partial charge < -0.3 is 16.0 Å². The summed E-state index contributed by atoms with van der Waals surface area (Å²) in [7, 11) is 2.10. The number of nitrogens with zero attached hydrogens (tertiary/aromatic N) is 2. The number of aromatic nitrogens is 1. The molecule has 1 fully saturated rings. The monoisotopic (exact) mass is 304 g/mol. The first kappa shape index (κ1) is 14.3. The van der Waals surface area contributed by atoms with Gasteiger partial charge in [0.15, 0.2) is 0 Å². The van der Waals surface area contributed by atoms with Crippen molar-refractivity contribution in [3.63, 3.8) is 0 Å². The second kappa shape index (κ2) is 5.61. The molecule has 0 spiro atoms. The molecule has 0 saturated heterocycles. The van der Waals surface area contributed by atoms with Crippen molar-refractivity contribution in [1.29, 1.82) is 0 Å². The number of fused-ring (bicyclic) bond motifs is 1. The summed E-state index contributed by atoms with van der Waals surface area (Å²) >= 11 is 1.36. The first-order valence-corrected chi connectivity index (χ1v) is 8.02. The quantitative estimate of drug-likeness (QED) is 0.886. The molecule has 0 aromatic carbocycles. The number of hydrogen-bond acceptors (Lipinski definition) is 5. The number of carbonyl (C=O) groups is 1. The van der Waals surface area contributed by atoms with E-state index in [0.29, 0.717) is 23.2 Å². The predicted octanol–water partition coefficient (Wildman–Crippen LogP) is 2.01. The Morgan fingerprint density at radius 2 is 2.29 bits per heavy atom. The Bertz CT molecular complexity index is 678. The lowest BCUT2D eigenvalue weighted by atomic mass is 10.2. The molecular weight excluding hydrogens is 284 g/mol. The minimum absolute atomic E-state index is 0.0997. The first-order valence-electron chi connectivity index (χ1n) is 7.20. The van der Waals surface area contributed by atoms with Crippen molar-refractivity contribution in [3.8, 4) is 0 Å². The Balaban J connectivity index is 1.67. The van der Waals surface area contributed by atoms with Crippen LogP contribution >= 0.6 is 11.3 Å². The van der Waals surface area contributed by atoms with Crippen LogP contribution < -0.4 is 11.1 Å². The molecule has 0 unspecified atom stereocenters. The largest absolute Gasteiger partial charge is 0.397 e. The highest BCUT2D eigenvalue weighted by atomic mass is 32.1. The second-order valence-electron chi connectivity index (χ2n) is 5.62. The van der Waals surface area contributed by atoms with E-state index in [9.17, 15) is 4.79 Å². The Labute approximate surface area is 128 Å². The predicted molar refractivity (Wildman–Crippen MR) is 86.8 cm³/mol. The number of hydrogen-bond donors (Lipinski definition) is 2. The van der Waals surface area contributed by atoms with Crippen LogP contribution in [-0.4, -0.2) is 42.0 Å². The molecule has 3 N–H and O–H groups in total. The van der Waals surface area contributed by atoms with Gasteiger partial charge in [-0.15, -0.1) is 11.3 Å². The lowest BCUT2D eigenvalue weighted by molar-refractivity contribution is 0.0954. The van der Waals surface area contributed by atoms with Crippen LogP contribution in [0.5, 0.6) is 0 Å². The molecule has 1 aliphatic carbocycles. The summed E-state index contributed by atoms with van der Waals surface area (Å²) in [6.07, 6.45) is 2.55. The third kappa shape index (κ3) is 3.01. The van der Waals surface area contributed by atoms with E-state index in [2.05, 4.69) is 22.2 Å². The van der Waals surface area contributed by atoms with E-state index >= 15 is 0 Å². The smallest absolute Gasteiger partial charge is 0.263 e. The van der Waals surface area contributed by atoms with Crippen LogP contribution in [0.15, 0.2) is 12.1 Å². The lowest BCUT2D eigenvalue weighted by Crippen LogP contribution is -2.33. The van der Waals surface area contributed by atoms with Gasteiger partial charge in [0.2, 0.25) is 0 Å². The fraction of sp³-hybridized carbons (Fsp3) is 0.467. The van der Waals surface area contributed by atoms with Gasteiger partial charge in [-0.2, -0.15) is 0 Å². The zero-order valence-corrected chi connectivity index (χ0v) is 13.2. The molecule has 0 radical (unpaired) electrons. The Kier molecular flexibility index (Phi) is 3.82. The number of nitrogens with two attached hydrogens (primary N) is 1. The van der Waals surface area contributed by atoms with Crippen molar-refractivity contribution in [2.75, 3.05) is 25.9 Å². The maximum absolute atomic E-state index is 12.3. The summed E-state index contributed by atoms with van der Waals surface area (Å²) in [6, 6.07) is 4.56. The molecule has 0 atom stereocenters. The van der Waals surface area contributed by atoms with Gasteiger partial charge in [0.05, 0.1) is 5.69 Å². The molecule has 5 nitrogen and oxygen atoms in total. The zero-order chi connectivity index (χ0) is 15.0. The molecule has 2 aromatic heterocycles. The normalized spacial score (nSPS) is 14.8. The van der Waals surface area contributed by atoms with Gasteiger partial charge in [-0.1, -0.05) is 0 Å². The van der Waals surface area contributed by atoms with Crippen molar-refractivity contribution in [2.24, 2.45) is 0 Å². The third-order valence-corrected chi connectivity index (χ3v) is 4.97. The molecule has 112 valence electrons. The van der Waals surface area contributed by atoms with Crippen LogP contribution in [0.2, 0.25) is 0 Å². The fourth-order valence-electron chi connectivity index (χ4n) is 2.38. The molecule has 2 aromatic rings. The third-order valence-electron chi connectivity index (χ3n) is 3.86. The Hall–Kier alpha value is -1.66. The van der Waals surface area contributed by atoms with Crippen LogP contribution in [0.25, 0.3) is 10.2 Å². The molecule has 21 heavy (non-hydrogen) atoms. The van der Waals surface area contributed by atoms with Crippen LogP contribution in [-0.2, 0) is 0 Å². The number of rotatable bonds is 5. The number of amides is 1. The number of pyridine rings is 1. The molecule has 2 heterocycles. The molecule has 0 aliphatic heterocycles. The van der Waals surface area contributed by atoms with E-state index < -0.39 is 0 Å². The van der Waals surface area contributed by atoms with E-state index in [4.69, 9.17) is 5.73 Å². The van der Waals surface area contributed by atoms with Gasteiger partial charge in [0.1, 0.15) is 9.71 Å². The van der Waals surface area contributed by atoms with Crippen molar-refractivity contribution >= 4 is 33.1 Å². The van der Waals surface area contributed by atoms with Crippen molar-refractivity contribution in [3.05, 3.63) is 22.7 Å². The average Bonchev–Trinajstić information content (AvgIpc) is 3.24. The van der Waals surface area contributed by atoms with Gasteiger partial charge in [0.25, 0.3) is 5.91 Å². The first-order chi connectivity index (χ1) is 10.1. The van der Waals surface area contributed by atoms with Gasteiger partial charge in [-0.05, 0) is 38.9 Å². The minimum Gasteiger partial charge on any atom is -0.397 e. The molecular formula is C15H20N4OS. The van der Waals surface area contributed by atoms with Crippen LogP contribution in [0.3, 0.4) is 0 Å². The maximum atomic E-state index is 12.3. The van der Waals surface area contributed by atoms with E-state index in [0.717, 1.165) is 22.5 Å². The summed E-state index contributed by atoms with van der Waals surface area (Å²) in [5.74, 6) is -0.0997. The summed E-state index contributed by atoms with van der Waals surface area (Å²) in [4.78, 5) is 20.4. The summed E-state index contributed by atoms with van der Waals surface area (Å²) in [5, 5.41) is 3.82. The number of carbonyl (C=O) groups excluding carboxylic acids is 1. The minimum atomic E-state index is -0.0997. The molecule has 1 aliphatic rings. The molecule has 1 amide bonds. The van der Waals surface area contributed by atoms with Crippen LogP contribution in [0.1, 0.15) is 28.2 Å². The second-order valence-corrected chi connectivity index (χ2v) is 6.62. The van der Waals surface area contributed by atoms with E-state index in [1.807, 2.05) is 19.1 Å². The van der Waals surface area contributed by atoms with Gasteiger partial charge >= 0.3 is 0 Å². The van der Waals surface area contributed by atoms with E-state index in [-0.39, 0.29) is 5.91 Å². The average molecular weight is 304 g/mol. The molecule has 6 heteroatoms. The highest BCUT2D eigenvalue weighted by molar-refractivity contribution is 7.21. The number of likely N-dealkylation sites (N-methyl/N-ethyl adjacent to an activating group) is 1. The van der Waals surface area contributed by atoms with Gasteiger partial charge in [0, 0.05) is 30.2 Å². The highest BCUT2D eigenvalue weighted by Gasteiger charge is 2.25. The number of nitrogens with one attached hydrogen (secondary N) is 1. The number of aryl methyl sites for hydroxylation is 1. The summed E-state index contributed by atoms with van der Waals surface area (Å²) in [5.41, 5.74) is 7.55. The summed E-state index contributed by atoms with van der Waals surface area (Å²) in [6.45, 7) is 3.45. The topological polar surface area (TPSA) is 71.2 Å². The fourth-order valence-corrected chi connectivity index (χ4v) is 3.44. The van der Waals surface area contributed by atoms with Crippen molar-refractivity contribution in [1.82, 2.24) is 15.2 Å². The van der Waals surface area contributed by atoms with Gasteiger partial charge in [-0.25, -0.2) is 4.98 Å². The molecule has 1 saturated carbocycles. The van der Waals surface area contributed by atoms with Crippen molar-refractivity contribution < 1.29 is 4.79 Å². The van der Waals surface area contributed by atoms with Crippen molar-refractivity contribution in [2.45, 2.75) is 25.8 Å². The maximum Gasteiger partial charge on any atom is 0.263 e. The number of anilines is 1. The lowest BCUT2D eigenvalue weighted by Gasteiger charge is -2.15. The highest BCUT2D eigenvalue weighted by Crippen LogP contribution is 2.32. The Morgan fingerprint density at radius 3 is 3.00 bits per heavy atom. The SMILES string of the molecule is Cc1ccc2c(N)c(C(=O)NCCN(C)C3CC3)sc2n1. The van der Waals surface area contributed by atoms with E-state index in [1.54, 1.807) is 0 Å². The number of thiophene rings is 1. The van der Waals surface area contributed by atoms with Crippen LogP contribution in [0.4, 0.5) is 5.69 Å². The standard InChI is InChI=1S/C15H20N4OS/c1-9-3-6-11-12(16)13(21-15(11)18-9)14(20)17-7-8-19(2)10-4-5-10/h3,6,10H,4-5,7-8,16H2,1-2H3,(H,17,20). The molecule has 3 rings (SSSR count). The van der Waals surface area contributed by atoms with E-state index in [1.165, 1.54) is 24.2 Å². The number of nitrogen functional groups attached to an aromatic ring is 1. The zero-order valence-electron chi connectivity index (χ0n) is 12.3. The molecule has 0 bridgehead atoms.